The molecule has 1 aliphatic heterocycles. The van der Waals surface area contributed by atoms with Crippen molar-refractivity contribution in [2.75, 3.05) is 6.61 Å². The predicted molar refractivity (Wildman–Crippen MR) is 60.8 cm³/mol. The van der Waals surface area contributed by atoms with E-state index >= 15 is 0 Å². The third-order valence-electron chi connectivity index (χ3n) is 2.48. The molecule has 0 unspecified atom stereocenters. The van der Waals surface area contributed by atoms with E-state index in [4.69, 9.17) is 4.74 Å². The lowest BCUT2D eigenvalue weighted by atomic mass is 10.1. The van der Waals surface area contributed by atoms with Crippen LogP contribution in [0.2, 0.25) is 0 Å². The second-order valence-electron chi connectivity index (χ2n) is 3.48. The molecule has 0 spiro atoms. The van der Waals surface area contributed by atoms with E-state index in [2.05, 4.69) is 15.9 Å². The summed E-state index contributed by atoms with van der Waals surface area (Å²) in [6.07, 6.45) is -0.256. The van der Waals surface area contributed by atoms with Crippen molar-refractivity contribution in [2.24, 2.45) is 0 Å². The van der Waals surface area contributed by atoms with Gasteiger partial charge in [-0.05, 0) is 12.5 Å². The van der Waals surface area contributed by atoms with Gasteiger partial charge in [-0.25, -0.2) is 4.79 Å². The third kappa shape index (κ3) is 2.00. The molecule has 1 aromatic rings. The van der Waals surface area contributed by atoms with Gasteiger partial charge in [0.15, 0.2) is 0 Å². The summed E-state index contributed by atoms with van der Waals surface area (Å²) < 4.78 is 5.05. The Hall–Kier alpha value is -1.03. The number of hydrogen-bond acceptors (Lipinski definition) is 2. The number of cyclic esters (lactones) is 1. The van der Waals surface area contributed by atoms with Crippen molar-refractivity contribution >= 4 is 22.0 Å². The van der Waals surface area contributed by atoms with Gasteiger partial charge in [0.1, 0.15) is 6.61 Å². The highest BCUT2D eigenvalue weighted by Gasteiger charge is 2.36. The maximum absolute atomic E-state index is 11.5. The van der Waals surface area contributed by atoms with Crippen LogP contribution < -0.4 is 0 Å². The van der Waals surface area contributed by atoms with Gasteiger partial charge < -0.3 is 4.74 Å². The molecular weight excluding hydrogens is 258 g/mol. The summed E-state index contributed by atoms with van der Waals surface area (Å²) >= 11 is 3.40. The minimum atomic E-state index is -0.256. The lowest BCUT2D eigenvalue weighted by molar-refractivity contribution is 0.157. The molecule has 80 valence electrons. The maximum Gasteiger partial charge on any atom is 0.411 e. The quantitative estimate of drug-likeness (QED) is 0.610. The Morgan fingerprint density at radius 2 is 2.13 bits per heavy atom. The smallest absolute Gasteiger partial charge is 0.411 e. The normalized spacial score (nSPS) is 22.7. The van der Waals surface area contributed by atoms with E-state index < -0.39 is 0 Å². The summed E-state index contributed by atoms with van der Waals surface area (Å²) in [7, 11) is 0. The molecule has 0 bridgehead atoms. The number of nitrogens with zero attached hydrogens (tertiary/aromatic N) is 1. The third-order valence-corrected chi connectivity index (χ3v) is 2.92. The number of alkyl halides is 1. The number of ether oxygens (including phenoxy) is 1. The zero-order valence-corrected chi connectivity index (χ0v) is 9.98. The van der Waals surface area contributed by atoms with Gasteiger partial charge in [0.05, 0.1) is 11.0 Å². The molecule has 3 nitrogen and oxygen atoms in total. The van der Waals surface area contributed by atoms with Gasteiger partial charge in [0.25, 0.3) is 0 Å². The summed E-state index contributed by atoms with van der Waals surface area (Å²) in [6, 6.07) is 9.94. The highest BCUT2D eigenvalue weighted by Crippen LogP contribution is 2.30. The molecule has 2 atom stereocenters. The summed E-state index contributed by atoms with van der Waals surface area (Å²) in [5.74, 6) is 0. The van der Waals surface area contributed by atoms with Crippen molar-refractivity contribution in [3.05, 3.63) is 35.9 Å². The van der Waals surface area contributed by atoms with E-state index in [9.17, 15) is 4.79 Å². The van der Waals surface area contributed by atoms with Crippen LogP contribution in [0.3, 0.4) is 0 Å². The van der Waals surface area contributed by atoms with E-state index in [0.717, 1.165) is 5.56 Å². The zero-order chi connectivity index (χ0) is 10.8. The van der Waals surface area contributed by atoms with Gasteiger partial charge in [-0.3, -0.25) is 4.90 Å². The van der Waals surface area contributed by atoms with Crippen LogP contribution in [0, 0.1) is 0 Å². The van der Waals surface area contributed by atoms with Crippen molar-refractivity contribution in [3.8, 4) is 0 Å². The van der Waals surface area contributed by atoms with Crippen molar-refractivity contribution < 1.29 is 9.53 Å². The first-order valence-corrected chi connectivity index (χ1v) is 5.76. The van der Waals surface area contributed by atoms with Crippen LogP contribution in [0.4, 0.5) is 4.79 Å². The van der Waals surface area contributed by atoms with Crippen LogP contribution in [-0.2, 0) is 4.74 Å². The molecule has 0 saturated carbocycles. The van der Waals surface area contributed by atoms with Crippen LogP contribution in [0.1, 0.15) is 18.5 Å². The van der Waals surface area contributed by atoms with E-state index in [-0.39, 0.29) is 17.1 Å². The molecule has 1 heterocycles. The molecule has 15 heavy (non-hydrogen) atoms. The molecule has 0 N–H and O–H groups in total. The fourth-order valence-corrected chi connectivity index (χ4v) is 2.21. The van der Waals surface area contributed by atoms with E-state index in [0.29, 0.717) is 6.61 Å². The second-order valence-corrected chi connectivity index (χ2v) is 4.81. The second kappa shape index (κ2) is 4.23. The van der Waals surface area contributed by atoms with Crippen molar-refractivity contribution in [1.29, 1.82) is 0 Å². The van der Waals surface area contributed by atoms with E-state index in [1.807, 2.05) is 37.3 Å². The maximum atomic E-state index is 11.5. The van der Waals surface area contributed by atoms with Gasteiger partial charge in [0, 0.05) is 0 Å². The Bertz CT molecular complexity index is 353. The summed E-state index contributed by atoms with van der Waals surface area (Å²) in [6.45, 7) is 2.35. The Kier molecular flexibility index (Phi) is 2.95. The van der Waals surface area contributed by atoms with E-state index in [1.165, 1.54) is 0 Å². The molecule has 1 saturated heterocycles. The summed E-state index contributed by atoms with van der Waals surface area (Å²) in [4.78, 5) is 13.2. The average molecular weight is 270 g/mol. The van der Waals surface area contributed by atoms with Crippen LogP contribution in [0.25, 0.3) is 0 Å². The Morgan fingerprint density at radius 3 is 2.73 bits per heavy atom. The van der Waals surface area contributed by atoms with Gasteiger partial charge in [-0.15, -0.1) is 0 Å². The number of carbonyl (C=O) groups excluding carboxylic acids is 1. The number of rotatable bonds is 2. The topological polar surface area (TPSA) is 29.5 Å². The van der Waals surface area contributed by atoms with Crippen LogP contribution in [0.15, 0.2) is 30.3 Å². The monoisotopic (exact) mass is 269 g/mol. The molecule has 0 radical (unpaired) electrons. The molecule has 0 aromatic heterocycles. The van der Waals surface area contributed by atoms with Crippen molar-refractivity contribution in [3.63, 3.8) is 0 Å². The first-order valence-electron chi connectivity index (χ1n) is 4.84. The van der Waals surface area contributed by atoms with Crippen LogP contribution >= 0.6 is 15.9 Å². The van der Waals surface area contributed by atoms with E-state index in [1.54, 1.807) is 4.90 Å². The average Bonchev–Trinajstić information content (AvgIpc) is 2.61. The fourth-order valence-electron chi connectivity index (χ4n) is 1.76. The lowest BCUT2D eigenvalue weighted by Gasteiger charge is -2.24. The molecule has 1 fully saturated rings. The molecule has 1 aromatic carbocycles. The highest BCUT2D eigenvalue weighted by atomic mass is 79.9. The predicted octanol–water partition coefficient (Wildman–Crippen LogP) is 2.92. The summed E-state index contributed by atoms with van der Waals surface area (Å²) in [5.41, 5.74) is 1.11. The first-order chi connectivity index (χ1) is 7.20. The minimum Gasteiger partial charge on any atom is -0.447 e. The molecule has 2 rings (SSSR count). The number of halogens is 1. The largest absolute Gasteiger partial charge is 0.447 e. The van der Waals surface area contributed by atoms with Gasteiger partial charge in [-0.2, -0.15) is 0 Å². The SMILES string of the molecule is C[C@@H](Br)N1C(=O)OC[C@H]1c1ccccc1. The Morgan fingerprint density at radius 1 is 1.47 bits per heavy atom. The molecular formula is C11H12BrNO2. The molecule has 0 aliphatic carbocycles. The van der Waals surface area contributed by atoms with Crippen LogP contribution in [-0.4, -0.2) is 22.6 Å². The van der Waals surface area contributed by atoms with Gasteiger partial charge in [-0.1, -0.05) is 46.3 Å². The molecule has 1 amide bonds. The number of amides is 1. The number of benzene rings is 1. The first kappa shape index (κ1) is 10.5. The lowest BCUT2D eigenvalue weighted by Crippen LogP contribution is -2.32. The standard InChI is InChI=1S/C11H12BrNO2/c1-8(12)13-10(7-15-11(13)14)9-5-3-2-4-6-9/h2-6,8,10H,7H2,1H3/t8-,10-/m0/s1. The Labute approximate surface area is 97.2 Å². The highest BCUT2D eigenvalue weighted by molar-refractivity contribution is 9.09. The minimum absolute atomic E-state index is 0.0160. The van der Waals surface area contributed by atoms with Crippen molar-refractivity contribution in [1.82, 2.24) is 4.90 Å². The van der Waals surface area contributed by atoms with Crippen molar-refractivity contribution in [2.45, 2.75) is 17.9 Å². The zero-order valence-electron chi connectivity index (χ0n) is 8.39. The van der Waals surface area contributed by atoms with Gasteiger partial charge in [0.2, 0.25) is 0 Å². The fraction of sp³-hybridized carbons (Fsp3) is 0.364. The van der Waals surface area contributed by atoms with Crippen LogP contribution in [0.5, 0.6) is 0 Å². The molecule has 1 aliphatic rings. The number of carbonyl (C=O) groups is 1. The summed E-state index contributed by atoms with van der Waals surface area (Å²) in [5, 5.41) is 0. The Balaban J connectivity index is 2.26. The number of hydrogen-bond donors (Lipinski definition) is 0. The van der Waals surface area contributed by atoms with Gasteiger partial charge >= 0.3 is 6.09 Å². The molecule has 4 heteroatoms.